The van der Waals surface area contributed by atoms with Crippen molar-refractivity contribution in [1.82, 2.24) is 0 Å². The van der Waals surface area contributed by atoms with Crippen LogP contribution < -0.4 is 0 Å². The molecular weight excluding hydrogens is 168 g/mol. The average Bonchev–Trinajstić information content (AvgIpc) is 2.43. The molecule has 0 N–H and O–H groups in total. The fourth-order valence-electron chi connectivity index (χ4n) is 1.60. The summed E-state index contributed by atoms with van der Waals surface area (Å²) in [6, 6.07) is 0. The minimum absolute atomic E-state index is 0.467. The molecule has 14 heavy (non-hydrogen) atoms. The zero-order valence-electron chi connectivity index (χ0n) is 9.46. The fraction of sp³-hybridized carbons (Fsp3) is 0.429. The maximum atomic E-state index is 4.16. The van der Waals surface area contributed by atoms with Crippen LogP contribution in [-0.4, -0.2) is 0 Å². The first kappa shape index (κ1) is 11.0. The van der Waals surface area contributed by atoms with Crippen LogP contribution >= 0.6 is 0 Å². The van der Waals surface area contributed by atoms with E-state index in [4.69, 9.17) is 0 Å². The van der Waals surface area contributed by atoms with Crippen molar-refractivity contribution in [3.05, 3.63) is 48.1 Å². The molecule has 0 saturated heterocycles. The van der Waals surface area contributed by atoms with E-state index in [1.165, 1.54) is 11.1 Å². The first-order valence-electron chi connectivity index (χ1n) is 5.35. The maximum Gasteiger partial charge on any atom is 0.00195 e. The summed E-state index contributed by atoms with van der Waals surface area (Å²) in [5.74, 6) is 1.03. The smallest absolute Gasteiger partial charge is 0.00195 e. The molecule has 0 aliphatic heterocycles. The second kappa shape index (κ2) is 4.99. The van der Waals surface area contributed by atoms with Gasteiger partial charge in [0.25, 0.3) is 0 Å². The van der Waals surface area contributed by atoms with Gasteiger partial charge in [-0.15, -0.1) is 0 Å². The van der Waals surface area contributed by atoms with Crippen LogP contribution in [0.25, 0.3) is 0 Å². The van der Waals surface area contributed by atoms with Gasteiger partial charge in [-0.05, 0) is 17.9 Å². The molecule has 0 nitrogen and oxygen atoms in total. The lowest BCUT2D eigenvalue weighted by molar-refractivity contribution is 0.655. The standard InChI is InChI=1S/C14H20/c1-11(2)12(3)13(4)14-9-7-5-6-8-10-14/h5,7-11,13H,3,6H2,1-2,4H3. The Hall–Kier alpha value is -1.04. The second-order valence-electron chi connectivity index (χ2n) is 4.18. The van der Waals surface area contributed by atoms with Gasteiger partial charge in [-0.1, -0.05) is 63.3 Å². The number of hydrogen-bond donors (Lipinski definition) is 0. The van der Waals surface area contributed by atoms with Crippen molar-refractivity contribution in [2.45, 2.75) is 27.2 Å². The number of hydrogen-bond acceptors (Lipinski definition) is 0. The third-order valence-corrected chi connectivity index (χ3v) is 2.80. The molecule has 76 valence electrons. The van der Waals surface area contributed by atoms with Gasteiger partial charge in [0.2, 0.25) is 0 Å². The fourth-order valence-corrected chi connectivity index (χ4v) is 1.60. The summed E-state index contributed by atoms with van der Waals surface area (Å²) in [6.45, 7) is 10.8. The Kier molecular flexibility index (Phi) is 3.94. The lowest BCUT2D eigenvalue weighted by Gasteiger charge is -2.18. The Morgan fingerprint density at radius 1 is 1.29 bits per heavy atom. The Labute approximate surface area is 87.7 Å². The van der Waals surface area contributed by atoms with Gasteiger partial charge in [0.15, 0.2) is 0 Å². The number of rotatable bonds is 3. The van der Waals surface area contributed by atoms with Crippen molar-refractivity contribution in [2.24, 2.45) is 11.8 Å². The summed E-state index contributed by atoms with van der Waals surface area (Å²) in [4.78, 5) is 0. The highest BCUT2D eigenvalue weighted by Gasteiger charge is 2.12. The van der Waals surface area contributed by atoms with Gasteiger partial charge in [0.05, 0.1) is 0 Å². The third-order valence-electron chi connectivity index (χ3n) is 2.80. The molecule has 0 spiro atoms. The monoisotopic (exact) mass is 188 g/mol. The van der Waals surface area contributed by atoms with Gasteiger partial charge >= 0.3 is 0 Å². The van der Waals surface area contributed by atoms with Crippen LogP contribution in [0, 0.1) is 11.8 Å². The van der Waals surface area contributed by atoms with E-state index in [9.17, 15) is 0 Å². The Morgan fingerprint density at radius 3 is 2.64 bits per heavy atom. The zero-order valence-corrected chi connectivity index (χ0v) is 9.46. The summed E-state index contributed by atoms with van der Waals surface area (Å²) in [7, 11) is 0. The molecule has 1 atom stereocenters. The van der Waals surface area contributed by atoms with Crippen LogP contribution in [0.2, 0.25) is 0 Å². The highest BCUT2D eigenvalue weighted by atomic mass is 14.2. The molecule has 0 heterocycles. The van der Waals surface area contributed by atoms with E-state index in [2.05, 4.69) is 57.7 Å². The SMILES string of the molecule is C=C(C(C)C)C(C)C1=CC=CCC=C1. The summed E-state index contributed by atoms with van der Waals surface area (Å²) < 4.78 is 0. The lowest BCUT2D eigenvalue weighted by atomic mass is 9.87. The molecule has 1 aliphatic carbocycles. The first-order chi connectivity index (χ1) is 6.63. The Morgan fingerprint density at radius 2 is 2.00 bits per heavy atom. The molecule has 1 unspecified atom stereocenters. The van der Waals surface area contributed by atoms with E-state index in [0.717, 1.165) is 6.42 Å². The van der Waals surface area contributed by atoms with Gasteiger partial charge in [-0.2, -0.15) is 0 Å². The van der Waals surface area contributed by atoms with Crippen LogP contribution in [0.1, 0.15) is 27.2 Å². The summed E-state index contributed by atoms with van der Waals surface area (Å²) in [5, 5.41) is 0. The van der Waals surface area contributed by atoms with E-state index in [1.807, 2.05) is 0 Å². The molecule has 0 saturated carbocycles. The molecule has 0 aromatic carbocycles. The molecule has 0 fully saturated rings. The van der Waals surface area contributed by atoms with Crippen LogP contribution in [0.5, 0.6) is 0 Å². The molecule has 0 aromatic heterocycles. The van der Waals surface area contributed by atoms with Gasteiger partial charge in [0.1, 0.15) is 0 Å². The van der Waals surface area contributed by atoms with E-state index < -0.39 is 0 Å². The van der Waals surface area contributed by atoms with E-state index in [0.29, 0.717) is 11.8 Å². The predicted octanol–water partition coefficient (Wildman–Crippen LogP) is 4.28. The predicted molar refractivity (Wildman–Crippen MR) is 64.1 cm³/mol. The van der Waals surface area contributed by atoms with Gasteiger partial charge < -0.3 is 0 Å². The minimum Gasteiger partial charge on any atom is -0.0990 e. The highest BCUT2D eigenvalue weighted by Crippen LogP contribution is 2.26. The van der Waals surface area contributed by atoms with E-state index in [1.54, 1.807) is 0 Å². The molecule has 1 aliphatic rings. The topological polar surface area (TPSA) is 0 Å². The molecule has 0 heteroatoms. The van der Waals surface area contributed by atoms with Crippen LogP contribution in [0.3, 0.4) is 0 Å². The van der Waals surface area contributed by atoms with Crippen LogP contribution in [0.4, 0.5) is 0 Å². The number of allylic oxidation sites excluding steroid dienone is 7. The molecule has 0 bridgehead atoms. The largest absolute Gasteiger partial charge is 0.0990 e. The maximum absolute atomic E-state index is 4.16. The quantitative estimate of drug-likeness (QED) is 0.580. The highest BCUT2D eigenvalue weighted by molar-refractivity contribution is 5.33. The van der Waals surface area contributed by atoms with E-state index >= 15 is 0 Å². The average molecular weight is 188 g/mol. The Balaban J connectivity index is 2.78. The molecule has 0 radical (unpaired) electrons. The summed E-state index contributed by atoms with van der Waals surface area (Å²) in [6.07, 6.45) is 12.0. The van der Waals surface area contributed by atoms with Gasteiger partial charge in [-0.3, -0.25) is 0 Å². The minimum atomic E-state index is 0.467. The lowest BCUT2D eigenvalue weighted by Crippen LogP contribution is -2.06. The van der Waals surface area contributed by atoms with Crippen LogP contribution in [-0.2, 0) is 0 Å². The van der Waals surface area contributed by atoms with Crippen LogP contribution in [0.15, 0.2) is 48.1 Å². The van der Waals surface area contributed by atoms with Crippen molar-refractivity contribution in [1.29, 1.82) is 0 Å². The second-order valence-corrected chi connectivity index (χ2v) is 4.18. The normalized spacial score (nSPS) is 17.9. The van der Waals surface area contributed by atoms with Crippen molar-refractivity contribution in [2.75, 3.05) is 0 Å². The van der Waals surface area contributed by atoms with Gasteiger partial charge in [0, 0.05) is 5.92 Å². The first-order valence-corrected chi connectivity index (χ1v) is 5.35. The van der Waals surface area contributed by atoms with Crippen molar-refractivity contribution < 1.29 is 0 Å². The summed E-state index contributed by atoms with van der Waals surface area (Å²) in [5.41, 5.74) is 2.69. The molecular formula is C14H20. The van der Waals surface area contributed by atoms with Crippen molar-refractivity contribution >= 4 is 0 Å². The Bertz CT molecular complexity index is 287. The molecule has 0 amide bonds. The summed E-state index contributed by atoms with van der Waals surface area (Å²) >= 11 is 0. The van der Waals surface area contributed by atoms with Crippen molar-refractivity contribution in [3.63, 3.8) is 0 Å². The van der Waals surface area contributed by atoms with E-state index in [-0.39, 0.29) is 0 Å². The van der Waals surface area contributed by atoms with Crippen molar-refractivity contribution in [3.8, 4) is 0 Å². The molecule has 1 rings (SSSR count). The third kappa shape index (κ3) is 2.73. The zero-order chi connectivity index (χ0) is 10.6. The van der Waals surface area contributed by atoms with Gasteiger partial charge in [-0.25, -0.2) is 0 Å². The molecule has 0 aromatic rings.